The average molecular weight is 492 g/mol. The minimum absolute atomic E-state index is 0.118. The van der Waals surface area contributed by atoms with Crippen molar-refractivity contribution in [1.29, 1.82) is 0 Å². The van der Waals surface area contributed by atoms with E-state index in [0.29, 0.717) is 36.8 Å². The molecule has 0 bridgehead atoms. The van der Waals surface area contributed by atoms with Gasteiger partial charge in [0.2, 0.25) is 21.9 Å². The first-order chi connectivity index (χ1) is 16.7. The van der Waals surface area contributed by atoms with Crippen molar-refractivity contribution in [3.63, 3.8) is 0 Å². The zero-order valence-electron chi connectivity index (χ0n) is 19.6. The Morgan fingerprint density at radius 3 is 2.77 bits per heavy atom. The minimum atomic E-state index is -3.45. The van der Waals surface area contributed by atoms with Gasteiger partial charge in [0.1, 0.15) is 11.5 Å². The van der Waals surface area contributed by atoms with Crippen LogP contribution in [0.15, 0.2) is 55.0 Å². The van der Waals surface area contributed by atoms with E-state index in [1.807, 2.05) is 41.1 Å². The molecule has 1 amide bonds. The largest absolute Gasteiger partial charge is 0.328 e. The van der Waals surface area contributed by atoms with E-state index in [1.165, 1.54) is 11.4 Å². The van der Waals surface area contributed by atoms with E-state index in [2.05, 4.69) is 15.3 Å². The molecule has 3 aromatic heterocycles. The maximum absolute atomic E-state index is 12.1. The zero-order chi connectivity index (χ0) is 24.7. The Morgan fingerprint density at radius 1 is 1.14 bits per heavy atom. The molecular formula is C24H25N7O3S. The van der Waals surface area contributed by atoms with Crippen LogP contribution in [0, 0.1) is 0 Å². The molecule has 1 aliphatic heterocycles. The maximum Gasteiger partial charge on any atom is 0.233 e. The highest BCUT2D eigenvalue weighted by Crippen LogP contribution is 2.30. The van der Waals surface area contributed by atoms with Gasteiger partial charge in [0.15, 0.2) is 0 Å². The normalized spacial score (nSPS) is 13.7. The second-order valence-electron chi connectivity index (χ2n) is 8.55. The number of hydrogen-bond donors (Lipinski definition) is 1. The Bertz CT molecular complexity index is 1550. The Labute approximate surface area is 203 Å². The molecule has 10 nitrogen and oxygen atoms in total. The smallest absolute Gasteiger partial charge is 0.233 e. The molecule has 11 heteroatoms. The molecule has 4 heterocycles. The van der Waals surface area contributed by atoms with E-state index < -0.39 is 10.0 Å². The Morgan fingerprint density at radius 2 is 1.97 bits per heavy atom. The van der Waals surface area contributed by atoms with Crippen molar-refractivity contribution in [3.8, 4) is 0 Å². The number of anilines is 4. The lowest BCUT2D eigenvalue weighted by atomic mass is 10.0. The summed E-state index contributed by atoms with van der Waals surface area (Å²) in [5, 5.41) is 4.13. The Hall–Kier alpha value is -3.99. The zero-order valence-corrected chi connectivity index (χ0v) is 20.5. The van der Waals surface area contributed by atoms with Gasteiger partial charge in [-0.15, -0.1) is 0 Å². The van der Waals surface area contributed by atoms with E-state index in [-0.39, 0.29) is 5.91 Å². The van der Waals surface area contributed by atoms with Gasteiger partial charge in [-0.3, -0.25) is 9.10 Å². The molecule has 0 aliphatic carbocycles. The van der Waals surface area contributed by atoms with Gasteiger partial charge in [-0.2, -0.15) is 4.98 Å². The molecule has 1 N–H and O–H groups in total. The van der Waals surface area contributed by atoms with Gasteiger partial charge in [-0.05, 0) is 42.3 Å². The van der Waals surface area contributed by atoms with Crippen molar-refractivity contribution >= 4 is 50.1 Å². The van der Waals surface area contributed by atoms with Gasteiger partial charge < -0.3 is 14.8 Å². The first-order valence-corrected chi connectivity index (χ1v) is 12.9. The van der Waals surface area contributed by atoms with Gasteiger partial charge in [0.05, 0.1) is 12.8 Å². The topological polar surface area (TPSA) is 113 Å². The molecule has 0 spiro atoms. The van der Waals surface area contributed by atoms with Crippen LogP contribution in [0.2, 0.25) is 0 Å². The fourth-order valence-electron chi connectivity index (χ4n) is 4.20. The number of nitrogens with one attached hydrogen (secondary N) is 1. The van der Waals surface area contributed by atoms with Crippen molar-refractivity contribution in [1.82, 2.24) is 19.5 Å². The van der Waals surface area contributed by atoms with Gasteiger partial charge in [-0.25, -0.2) is 18.4 Å². The molecule has 35 heavy (non-hydrogen) atoms. The van der Waals surface area contributed by atoms with Crippen LogP contribution in [0.4, 0.5) is 23.1 Å². The van der Waals surface area contributed by atoms with Crippen LogP contribution in [-0.2, 0) is 27.8 Å². The summed E-state index contributed by atoms with van der Waals surface area (Å²) in [6, 6.07) is 11.4. The van der Waals surface area contributed by atoms with Crippen LogP contribution in [-0.4, -0.2) is 54.2 Å². The molecular weight excluding hydrogens is 466 g/mol. The van der Waals surface area contributed by atoms with E-state index in [0.717, 1.165) is 34.1 Å². The van der Waals surface area contributed by atoms with Crippen molar-refractivity contribution in [3.05, 3.63) is 66.1 Å². The van der Waals surface area contributed by atoms with Crippen LogP contribution in [0.1, 0.15) is 17.5 Å². The molecule has 4 aromatic rings. The molecule has 0 atom stereocenters. The number of nitrogens with zero attached hydrogens (tertiary/aromatic N) is 6. The van der Waals surface area contributed by atoms with Crippen LogP contribution in [0.25, 0.3) is 11.0 Å². The highest BCUT2D eigenvalue weighted by atomic mass is 32.2. The number of sulfonamides is 1. The summed E-state index contributed by atoms with van der Waals surface area (Å²) in [5.74, 6) is 0.936. The minimum Gasteiger partial charge on any atom is -0.328 e. The molecule has 0 unspecified atom stereocenters. The number of aromatic nitrogens is 4. The number of amides is 1. The monoisotopic (exact) mass is 491 g/mol. The fourth-order valence-corrected chi connectivity index (χ4v) is 4.68. The summed E-state index contributed by atoms with van der Waals surface area (Å²) in [6.07, 6.45) is 7.56. The second-order valence-corrected chi connectivity index (χ2v) is 10.6. The Balaban J connectivity index is 1.44. The van der Waals surface area contributed by atoms with Gasteiger partial charge in [-0.1, -0.05) is 6.07 Å². The lowest BCUT2D eigenvalue weighted by molar-refractivity contribution is -0.118. The third kappa shape index (κ3) is 4.42. The first-order valence-electron chi connectivity index (χ1n) is 11.1. The number of carbonyl (C=O) groups excluding carboxylic acids is 1. The molecule has 0 saturated heterocycles. The number of pyridine rings is 1. The number of rotatable bonds is 6. The predicted molar refractivity (Wildman–Crippen MR) is 136 cm³/mol. The number of carbonyl (C=O) groups is 1. The van der Waals surface area contributed by atoms with Crippen LogP contribution in [0.5, 0.6) is 0 Å². The molecule has 0 fully saturated rings. The quantitative estimate of drug-likeness (QED) is 0.441. The SMILES string of the molecule is CN1C(=O)CCc2cc(Nc3ncc4ccn(Cc5cccnc5N(C)S(C)(=O)=O)c4n3)ccc21. The van der Waals surface area contributed by atoms with E-state index in [1.54, 1.807) is 30.4 Å². The molecule has 5 rings (SSSR count). The van der Waals surface area contributed by atoms with Gasteiger partial charge >= 0.3 is 0 Å². The average Bonchev–Trinajstić information content (AvgIpc) is 3.23. The fraction of sp³-hybridized carbons (Fsp3) is 0.250. The van der Waals surface area contributed by atoms with Gasteiger partial charge in [0, 0.05) is 61.4 Å². The van der Waals surface area contributed by atoms with E-state index >= 15 is 0 Å². The van der Waals surface area contributed by atoms with Crippen molar-refractivity contribution in [2.24, 2.45) is 0 Å². The summed E-state index contributed by atoms with van der Waals surface area (Å²) >= 11 is 0. The summed E-state index contributed by atoms with van der Waals surface area (Å²) in [4.78, 5) is 27.1. The predicted octanol–water partition coefficient (Wildman–Crippen LogP) is 2.92. The second kappa shape index (κ2) is 8.66. The number of hydrogen-bond acceptors (Lipinski definition) is 7. The lowest BCUT2D eigenvalue weighted by Gasteiger charge is -2.26. The van der Waals surface area contributed by atoms with Gasteiger partial charge in [0.25, 0.3) is 0 Å². The van der Waals surface area contributed by atoms with Crippen LogP contribution < -0.4 is 14.5 Å². The summed E-state index contributed by atoms with van der Waals surface area (Å²) in [6.45, 7) is 0.391. The molecule has 0 saturated carbocycles. The summed E-state index contributed by atoms with van der Waals surface area (Å²) < 4.78 is 27.3. The third-order valence-corrected chi connectivity index (χ3v) is 7.35. The van der Waals surface area contributed by atoms with Crippen molar-refractivity contribution < 1.29 is 13.2 Å². The van der Waals surface area contributed by atoms with E-state index in [4.69, 9.17) is 4.98 Å². The summed E-state index contributed by atoms with van der Waals surface area (Å²) in [5.41, 5.74) is 4.32. The highest BCUT2D eigenvalue weighted by Gasteiger charge is 2.21. The van der Waals surface area contributed by atoms with Crippen LogP contribution >= 0.6 is 0 Å². The highest BCUT2D eigenvalue weighted by molar-refractivity contribution is 7.92. The molecule has 1 aliphatic rings. The first kappa shape index (κ1) is 22.8. The lowest BCUT2D eigenvalue weighted by Crippen LogP contribution is -2.31. The number of benzene rings is 1. The van der Waals surface area contributed by atoms with Crippen LogP contribution in [0.3, 0.4) is 0 Å². The number of aryl methyl sites for hydroxylation is 1. The summed E-state index contributed by atoms with van der Waals surface area (Å²) in [7, 11) is -0.167. The van der Waals surface area contributed by atoms with E-state index in [9.17, 15) is 13.2 Å². The molecule has 180 valence electrons. The number of fused-ring (bicyclic) bond motifs is 2. The standard InChI is InChI=1S/C24H25N7O3S/c1-29-20-8-7-19(13-16(20)6-9-21(29)32)27-24-26-14-17-10-12-31(23(17)28-24)15-18-5-4-11-25-22(18)30(2)35(3,33)34/h4-5,7-8,10-14H,6,9,15H2,1-3H3,(H,26,27,28). The Kier molecular flexibility index (Phi) is 5.64. The van der Waals surface area contributed by atoms with Crippen molar-refractivity contribution in [2.75, 3.05) is 34.9 Å². The van der Waals surface area contributed by atoms with Crippen molar-refractivity contribution in [2.45, 2.75) is 19.4 Å². The molecule has 1 aromatic carbocycles. The maximum atomic E-state index is 12.1. The molecule has 0 radical (unpaired) electrons. The third-order valence-electron chi connectivity index (χ3n) is 6.19.